The van der Waals surface area contributed by atoms with E-state index < -0.39 is 0 Å². The molecule has 0 radical (unpaired) electrons. The van der Waals surface area contributed by atoms with Gasteiger partial charge in [0.2, 0.25) is 0 Å². The zero-order valence-corrected chi connectivity index (χ0v) is 7.15. The first-order valence-electron chi connectivity index (χ1n) is 1.91. The maximum atomic E-state index is 2.89. The second-order valence-electron chi connectivity index (χ2n) is 1.08. The van der Waals surface area contributed by atoms with Crippen LogP contribution in [0.3, 0.4) is 0 Å². The van der Waals surface area contributed by atoms with Crippen molar-refractivity contribution in [1.29, 1.82) is 0 Å². The summed E-state index contributed by atoms with van der Waals surface area (Å²) in [5.41, 5.74) is 0. The second-order valence-corrected chi connectivity index (χ2v) is 1.08. The molecular formula is C5H7ClIN. The van der Waals surface area contributed by atoms with Crippen molar-refractivity contribution in [2.75, 3.05) is 0 Å². The van der Waals surface area contributed by atoms with Gasteiger partial charge in [0.1, 0.15) is 0 Å². The maximum Gasteiger partial charge on any atom is 0.166 e. The van der Waals surface area contributed by atoms with E-state index in [0.717, 1.165) is 0 Å². The lowest BCUT2D eigenvalue weighted by Gasteiger charge is -1.63. The van der Waals surface area contributed by atoms with Crippen molar-refractivity contribution in [2.45, 2.75) is 0 Å². The van der Waals surface area contributed by atoms with Gasteiger partial charge in [0.05, 0.1) is 0 Å². The maximum absolute atomic E-state index is 2.89. The van der Waals surface area contributed by atoms with Gasteiger partial charge in [-0.05, 0) is 0 Å². The number of H-pyrrole nitrogens is 1. The van der Waals surface area contributed by atoms with Crippen molar-refractivity contribution in [3.05, 3.63) is 30.6 Å². The van der Waals surface area contributed by atoms with E-state index in [2.05, 4.69) is 4.98 Å². The molecule has 0 fully saturated rings. The van der Waals surface area contributed by atoms with Crippen LogP contribution in [0.4, 0.5) is 0 Å². The molecule has 1 heterocycles. The third-order valence-corrected chi connectivity index (χ3v) is 0.607. The first-order chi connectivity index (χ1) is 3.00. The largest absolute Gasteiger partial charge is 1.00 e. The van der Waals surface area contributed by atoms with E-state index >= 15 is 0 Å². The average molecular weight is 243 g/mol. The summed E-state index contributed by atoms with van der Waals surface area (Å²) in [7, 11) is 0. The normalized spacial score (nSPS) is 6.00. The monoisotopic (exact) mass is 243 g/mol. The van der Waals surface area contributed by atoms with E-state index in [1.54, 1.807) is 0 Å². The molecule has 0 saturated carbocycles. The van der Waals surface area contributed by atoms with E-state index in [9.17, 15) is 0 Å². The van der Waals surface area contributed by atoms with E-state index in [-0.39, 0.29) is 36.4 Å². The van der Waals surface area contributed by atoms with Crippen LogP contribution in [0, 0.1) is 0 Å². The van der Waals surface area contributed by atoms with Crippen LogP contribution in [0.1, 0.15) is 0 Å². The highest BCUT2D eigenvalue weighted by Gasteiger charge is 1.65. The molecule has 1 nitrogen and oxygen atoms in total. The Morgan fingerprint density at radius 1 is 0.875 bits per heavy atom. The Bertz CT molecular complexity index is 84.4. The molecule has 0 amide bonds. The summed E-state index contributed by atoms with van der Waals surface area (Å²) in [6.07, 6.45) is 3.75. The van der Waals surface area contributed by atoms with Gasteiger partial charge in [0.25, 0.3) is 0 Å². The Balaban J connectivity index is 0. The van der Waals surface area contributed by atoms with Crippen LogP contribution in [-0.4, -0.2) is 0 Å². The van der Waals surface area contributed by atoms with Crippen molar-refractivity contribution in [1.82, 2.24) is 0 Å². The molecule has 1 N–H and O–H groups in total. The van der Waals surface area contributed by atoms with Gasteiger partial charge in [0, 0.05) is 12.1 Å². The van der Waals surface area contributed by atoms with Gasteiger partial charge < -0.3 is 24.0 Å². The molecule has 0 spiro atoms. The summed E-state index contributed by atoms with van der Waals surface area (Å²) in [6, 6.07) is 5.86. The zero-order chi connectivity index (χ0) is 4.24. The van der Waals surface area contributed by atoms with Crippen molar-refractivity contribution in [3.8, 4) is 0 Å². The summed E-state index contributed by atoms with van der Waals surface area (Å²) in [5.74, 6) is 0. The van der Waals surface area contributed by atoms with Gasteiger partial charge in [-0.1, -0.05) is 6.07 Å². The standard InChI is InChI=1S/C5H5N.ClH.HI/c1-2-4-6-5-3-1;;/h1-5H;2*1H. The molecule has 0 aliphatic rings. The smallest absolute Gasteiger partial charge is 0.166 e. The van der Waals surface area contributed by atoms with Crippen LogP contribution >= 0.6 is 12.4 Å². The fourth-order valence-corrected chi connectivity index (χ4v) is 0.342. The number of aromatic nitrogens is 1. The predicted molar refractivity (Wildman–Crippen MR) is 30.2 cm³/mol. The minimum absolute atomic E-state index is 0. The summed E-state index contributed by atoms with van der Waals surface area (Å²) in [6.45, 7) is 0. The highest BCUT2D eigenvalue weighted by molar-refractivity contribution is 5.85. The Morgan fingerprint density at radius 2 is 1.38 bits per heavy atom. The van der Waals surface area contributed by atoms with Crippen LogP contribution in [0.5, 0.6) is 0 Å². The molecule has 1 aromatic rings. The second kappa shape index (κ2) is 7.17. The van der Waals surface area contributed by atoms with Crippen molar-refractivity contribution in [2.24, 2.45) is 0 Å². The lowest BCUT2D eigenvalue weighted by molar-refractivity contribution is -0.377. The first-order valence-corrected chi connectivity index (χ1v) is 1.91. The topological polar surface area (TPSA) is 14.1 Å². The van der Waals surface area contributed by atoms with Crippen LogP contribution in [0.2, 0.25) is 0 Å². The van der Waals surface area contributed by atoms with Crippen molar-refractivity contribution < 1.29 is 29.0 Å². The fourth-order valence-electron chi connectivity index (χ4n) is 0.342. The SMILES string of the molecule is Cl.[I-].c1cc[nH+]cc1. The van der Waals surface area contributed by atoms with Gasteiger partial charge in [-0.25, -0.2) is 4.98 Å². The van der Waals surface area contributed by atoms with Crippen molar-refractivity contribution >= 4 is 12.4 Å². The molecule has 0 aliphatic carbocycles. The molecule has 46 valence electrons. The van der Waals surface area contributed by atoms with E-state index in [0.29, 0.717) is 0 Å². The van der Waals surface area contributed by atoms with Gasteiger partial charge in [-0.15, -0.1) is 12.4 Å². The molecule has 0 bridgehead atoms. The number of hydrogen-bond acceptors (Lipinski definition) is 0. The molecule has 8 heavy (non-hydrogen) atoms. The number of halogens is 2. The zero-order valence-electron chi connectivity index (χ0n) is 4.17. The van der Waals surface area contributed by atoms with Crippen LogP contribution < -0.4 is 29.0 Å². The number of hydrogen-bond donors (Lipinski definition) is 0. The highest BCUT2D eigenvalue weighted by Crippen LogP contribution is 1.68. The number of rotatable bonds is 0. The third-order valence-electron chi connectivity index (χ3n) is 0.607. The quantitative estimate of drug-likeness (QED) is 0.465. The third kappa shape index (κ3) is 4.33. The average Bonchev–Trinajstić information content (AvgIpc) is 1.72. The van der Waals surface area contributed by atoms with Gasteiger partial charge >= 0.3 is 0 Å². The Morgan fingerprint density at radius 3 is 1.50 bits per heavy atom. The molecule has 0 atom stereocenters. The molecule has 1 aromatic heterocycles. The number of aromatic amines is 1. The van der Waals surface area contributed by atoms with Gasteiger partial charge in [-0.2, -0.15) is 0 Å². The number of nitrogens with one attached hydrogen (secondary N) is 1. The number of pyridine rings is 1. The fraction of sp³-hybridized carbons (Fsp3) is 0. The van der Waals surface area contributed by atoms with E-state index in [1.165, 1.54) is 0 Å². The predicted octanol–water partition coefficient (Wildman–Crippen LogP) is -2.07. The molecule has 0 unspecified atom stereocenters. The minimum Gasteiger partial charge on any atom is -1.00 e. The van der Waals surface area contributed by atoms with E-state index in [1.807, 2.05) is 30.6 Å². The molecular weight excluding hydrogens is 236 g/mol. The minimum atomic E-state index is 0. The lowest BCUT2D eigenvalue weighted by Crippen LogP contribution is -3.00. The highest BCUT2D eigenvalue weighted by atomic mass is 127. The van der Waals surface area contributed by atoms with Gasteiger partial charge in [-0.3, -0.25) is 0 Å². The summed E-state index contributed by atoms with van der Waals surface area (Å²) >= 11 is 0. The van der Waals surface area contributed by atoms with E-state index in [4.69, 9.17) is 0 Å². The molecule has 0 saturated heterocycles. The Labute approximate surface area is 71.9 Å². The van der Waals surface area contributed by atoms with Crippen LogP contribution in [0.25, 0.3) is 0 Å². The van der Waals surface area contributed by atoms with Crippen LogP contribution in [0.15, 0.2) is 30.6 Å². The van der Waals surface area contributed by atoms with Crippen LogP contribution in [-0.2, 0) is 0 Å². The molecule has 0 aliphatic heterocycles. The summed E-state index contributed by atoms with van der Waals surface area (Å²) < 4.78 is 0. The Hall–Kier alpha value is 0.170. The lowest BCUT2D eigenvalue weighted by atomic mass is 10.5. The molecule has 3 heteroatoms. The Kier molecular flexibility index (Phi) is 9.89. The summed E-state index contributed by atoms with van der Waals surface area (Å²) in [5, 5.41) is 0. The molecule has 0 aromatic carbocycles. The summed E-state index contributed by atoms with van der Waals surface area (Å²) in [4.78, 5) is 2.89. The van der Waals surface area contributed by atoms with Gasteiger partial charge in [0.15, 0.2) is 12.4 Å². The molecule has 1 rings (SSSR count). The van der Waals surface area contributed by atoms with Crippen molar-refractivity contribution in [3.63, 3.8) is 0 Å². The first kappa shape index (κ1) is 11.0.